The van der Waals surface area contributed by atoms with Crippen LogP contribution >= 0.6 is 23.2 Å². The molecular formula is C15H13Cl2NO. The van der Waals surface area contributed by atoms with Crippen LogP contribution in [0.25, 0.3) is 0 Å². The summed E-state index contributed by atoms with van der Waals surface area (Å²) in [6, 6.07) is 10.6. The first-order valence-corrected chi connectivity index (χ1v) is 6.56. The number of carbonyl (C=O) groups excluding carboxylic acids is 1. The molecule has 0 aliphatic rings. The van der Waals surface area contributed by atoms with Gasteiger partial charge in [-0.1, -0.05) is 29.3 Å². The molecule has 0 bridgehead atoms. The Morgan fingerprint density at radius 2 is 1.74 bits per heavy atom. The molecule has 0 spiro atoms. The van der Waals surface area contributed by atoms with Crippen LogP contribution in [0, 0.1) is 13.8 Å². The highest BCUT2D eigenvalue weighted by molar-refractivity contribution is 6.37. The van der Waals surface area contributed by atoms with Gasteiger partial charge in [-0.05, 0) is 55.3 Å². The van der Waals surface area contributed by atoms with Gasteiger partial charge >= 0.3 is 0 Å². The highest BCUT2D eigenvalue weighted by Gasteiger charge is 2.11. The summed E-state index contributed by atoms with van der Waals surface area (Å²) in [6.45, 7) is 4.03. The van der Waals surface area contributed by atoms with E-state index >= 15 is 0 Å². The van der Waals surface area contributed by atoms with E-state index in [0.29, 0.717) is 15.6 Å². The van der Waals surface area contributed by atoms with Crippen molar-refractivity contribution in [1.29, 1.82) is 0 Å². The maximum Gasteiger partial charge on any atom is 0.257 e. The molecule has 19 heavy (non-hydrogen) atoms. The second-order valence-electron chi connectivity index (χ2n) is 4.38. The first kappa shape index (κ1) is 13.9. The van der Waals surface area contributed by atoms with Crippen LogP contribution in [0.3, 0.4) is 0 Å². The topological polar surface area (TPSA) is 29.1 Å². The van der Waals surface area contributed by atoms with E-state index in [2.05, 4.69) is 5.32 Å². The fourth-order valence-corrected chi connectivity index (χ4v) is 2.19. The van der Waals surface area contributed by atoms with Crippen molar-refractivity contribution in [1.82, 2.24) is 0 Å². The predicted octanol–water partition coefficient (Wildman–Crippen LogP) is 4.86. The second kappa shape index (κ2) is 5.64. The Bertz CT molecular complexity index is 638. The van der Waals surface area contributed by atoms with E-state index in [9.17, 15) is 4.79 Å². The number of aryl methyl sites for hydroxylation is 2. The molecule has 2 aromatic rings. The van der Waals surface area contributed by atoms with E-state index in [-0.39, 0.29) is 5.91 Å². The second-order valence-corrected chi connectivity index (χ2v) is 5.22. The van der Waals surface area contributed by atoms with Crippen molar-refractivity contribution in [3.8, 4) is 0 Å². The number of hydrogen-bond donors (Lipinski definition) is 1. The standard InChI is InChI=1S/C15H13Cl2NO/c1-9-3-5-12(7-10(9)2)18-15(19)13-6-4-11(16)8-14(13)17/h3-8H,1-2H3,(H,18,19). The first-order valence-electron chi connectivity index (χ1n) is 5.81. The van der Waals surface area contributed by atoms with Gasteiger partial charge in [0.25, 0.3) is 5.91 Å². The number of nitrogens with one attached hydrogen (secondary N) is 1. The molecule has 0 aromatic heterocycles. The Kier molecular flexibility index (Phi) is 4.13. The maximum absolute atomic E-state index is 12.1. The van der Waals surface area contributed by atoms with Gasteiger partial charge in [0.1, 0.15) is 0 Å². The molecule has 2 aromatic carbocycles. The van der Waals surface area contributed by atoms with Crippen molar-refractivity contribution >= 4 is 34.8 Å². The summed E-state index contributed by atoms with van der Waals surface area (Å²) in [6.07, 6.45) is 0. The van der Waals surface area contributed by atoms with E-state index in [1.807, 2.05) is 32.0 Å². The maximum atomic E-state index is 12.1. The largest absolute Gasteiger partial charge is 0.322 e. The normalized spacial score (nSPS) is 10.3. The molecule has 1 N–H and O–H groups in total. The molecule has 0 saturated heterocycles. The predicted molar refractivity (Wildman–Crippen MR) is 80.3 cm³/mol. The Labute approximate surface area is 122 Å². The van der Waals surface area contributed by atoms with Crippen molar-refractivity contribution in [3.63, 3.8) is 0 Å². The van der Waals surface area contributed by atoms with Crippen molar-refractivity contribution in [2.75, 3.05) is 5.32 Å². The molecule has 0 radical (unpaired) electrons. The Hall–Kier alpha value is -1.51. The van der Waals surface area contributed by atoms with E-state index < -0.39 is 0 Å². The molecular weight excluding hydrogens is 281 g/mol. The summed E-state index contributed by atoms with van der Waals surface area (Å²) in [7, 11) is 0. The Morgan fingerprint density at radius 3 is 2.37 bits per heavy atom. The van der Waals surface area contributed by atoms with Gasteiger partial charge in [-0.15, -0.1) is 0 Å². The molecule has 0 unspecified atom stereocenters. The Balaban J connectivity index is 2.23. The molecule has 4 heteroatoms. The lowest BCUT2D eigenvalue weighted by Crippen LogP contribution is -2.12. The van der Waals surface area contributed by atoms with Crippen LogP contribution in [0.5, 0.6) is 0 Å². The highest BCUT2D eigenvalue weighted by Crippen LogP contribution is 2.22. The minimum Gasteiger partial charge on any atom is -0.322 e. The molecule has 0 saturated carbocycles. The number of hydrogen-bond acceptors (Lipinski definition) is 1. The number of carbonyl (C=O) groups is 1. The van der Waals surface area contributed by atoms with Crippen LogP contribution in [-0.2, 0) is 0 Å². The summed E-state index contributed by atoms with van der Waals surface area (Å²) in [5.41, 5.74) is 3.46. The lowest BCUT2D eigenvalue weighted by molar-refractivity contribution is 0.102. The number of rotatable bonds is 2. The summed E-state index contributed by atoms with van der Waals surface area (Å²) in [5, 5.41) is 3.67. The number of benzene rings is 2. The summed E-state index contributed by atoms with van der Waals surface area (Å²) in [4.78, 5) is 12.1. The zero-order chi connectivity index (χ0) is 14.0. The fourth-order valence-electron chi connectivity index (χ4n) is 1.69. The summed E-state index contributed by atoms with van der Waals surface area (Å²) >= 11 is 11.8. The third-order valence-corrected chi connectivity index (χ3v) is 3.49. The van der Waals surface area contributed by atoms with Gasteiger partial charge in [0, 0.05) is 10.7 Å². The lowest BCUT2D eigenvalue weighted by Gasteiger charge is -2.09. The molecule has 0 heterocycles. The van der Waals surface area contributed by atoms with Gasteiger partial charge in [0.15, 0.2) is 0 Å². The smallest absolute Gasteiger partial charge is 0.257 e. The average molecular weight is 294 g/mol. The van der Waals surface area contributed by atoms with Crippen molar-refractivity contribution in [2.45, 2.75) is 13.8 Å². The van der Waals surface area contributed by atoms with Gasteiger partial charge in [0.2, 0.25) is 0 Å². The number of amides is 1. The van der Waals surface area contributed by atoms with Gasteiger partial charge < -0.3 is 5.32 Å². The van der Waals surface area contributed by atoms with Crippen molar-refractivity contribution < 1.29 is 4.79 Å². The zero-order valence-corrected chi connectivity index (χ0v) is 12.1. The van der Waals surface area contributed by atoms with Crippen LogP contribution in [0.1, 0.15) is 21.5 Å². The van der Waals surface area contributed by atoms with Crippen LogP contribution < -0.4 is 5.32 Å². The van der Waals surface area contributed by atoms with E-state index in [0.717, 1.165) is 11.3 Å². The van der Waals surface area contributed by atoms with E-state index in [4.69, 9.17) is 23.2 Å². The first-order chi connectivity index (χ1) is 8.97. The van der Waals surface area contributed by atoms with Crippen LogP contribution in [-0.4, -0.2) is 5.91 Å². The zero-order valence-electron chi connectivity index (χ0n) is 10.6. The average Bonchev–Trinajstić information content (AvgIpc) is 2.33. The number of anilines is 1. The van der Waals surface area contributed by atoms with Gasteiger partial charge in [-0.3, -0.25) is 4.79 Å². The number of halogens is 2. The molecule has 2 nitrogen and oxygen atoms in total. The molecule has 0 fully saturated rings. The summed E-state index contributed by atoms with van der Waals surface area (Å²) in [5.74, 6) is -0.245. The van der Waals surface area contributed by atoms with Crippen LogP contribution in [0.15, 0.2) is 36.4 Å². The molecule has 0 aliphatic carbocycles. The minimum atomic E-state index is -0.245. The monoisotopic (exact) mass is 293 g/mol. The third kappa shape index (κ3) is 3.28. The lowest BCUT2D eigenvalue weighted by atomic mass is 10.1. The SMILES string of the molecule is Cc1ccc(NC(=O)c2ccc(Cl)cc2Cl)cc1C. The quantitative estimate of drug-likeness (QED) is 0.841. The molecule has 98 valence electrons. The van der Waals surface area contributed by atoms with Crippen molar-refractivity contribution in [2.24, 2.45) is 0 Å². The minimum absolute atomic E-state index is 0.245. The molecule has 0 aliphatic heterocycles. The van der Waals surface area contributed by atoms with Crippen LogP contribution in [0.2, 0.25) is 10.0 Å². The third-order valence-electron chi connectivity index (χ3n) is 2.94. The fraction of sp³-hybridized carbons (Fsp3) is 0.133. The highest BCUT2D eigenvalue weighted by atomic mass is 35.5. The summed E-state index contributed by atoms with van der Waals surface area (Å²) < 4.78 is 0. The van der Waals surface area contributed by atoms with E-state index in [1.165, 1.54) is 5.56 Å². The van der Waals surface area contributed by atoms with Gasteiger partial charge in [-0.2, -0.15) is 0 Å². The van der Waals surface area contributed by atoms with Gasteiger partial charge in [0.05, 0.1) is 10.6 Å². The Morgan fingerprint density at radius 1 is 1.00 bits per heavy atom. The van der Waals surface area contributed by atoms with Gasteiger partial charge in [-0.25, -0.2) is 0 Å². The molecule has 0 atom stereocenters. The van der Waals surface area contributed by atoms with Crippen molar-refractivity contribution in [3.05, 3.63) is 63.1 Å². The molecule has 2 rings (SSSR count). The molecule has 1 amide bonds. The van der Waals surface area contributed by atoms with Crippen LogP contribution in [0.4, 0.5) is 5.69 Å². The van der Waals surface area contributed by atoms with E-state index in [1.54, 1.807) is 18.2 Å².